The van der Waals surface area contributed by atoms with Gasteiger partial charge in [0, 0.05) is 5.56 Å². The van der Waals surface area contributed by atoms with Crippen LogP contribution in [0.3, 0.4) is 0 Å². The average Bonchev–Trinajstić information content (AvgIpc) is 2.24. The molecule has 1 rings (SSSR count). The summed E-state index contributed by atoms with van der Waals surface area (Å²) in [5, 5.41) is 9.04. The maximum atomic E-state index is 9.04. The van der Waals surface area contributed by atoms with Gasteiger partial charge in [0.05, 0.1) is 12.2 Å². The Morgan fingerprint density at radius 2 is 2.12 bits per heavy atom. The van der Waals surface area contributed by atoms with Gasteiger partial charge in [-0.3, -0.25) is 0 Å². The third kappa shape index (κ3) is 4.04. The minimum atomic E-state index is 0.0502. The molecule has 0 aliphatic rings. The van der Waals surface area contributed by atoms with Crippen molar-refractivity contribution in [1.29, 1.82) is 5.26 Å². The summed E-state index contributed by atoms with van der Waals surface area (Å²) < 4.78 is 5.62. The number of benzene rings is 1. The van der Waals surface area contributed by atoms with Crippen LogP contribution in [0.5, 0.6) is 5.75 Å². The van der Waals surface area contributed by atoms with E-state index in [1.807, 2.05) is 0 Å². The van der Waals surface area contributed by atoms with Gasteiger partial charge >= 0.3 is 0 Å². The van der Waals surface area contributed by atoms with E-state index in [2.05, 4.69) is 26.8 Å². The van der Waals surface area contributed by atoms with Crippen LogP contribution in [0.15, 0.2) is 18.2 Å². The number of ether oxygens (including phenoxy) is 1. The second-order valence-corrected chi connectivity index (χ2v) is 5.48. The summed E-state index contributed by atoms with van der Waals surface area (Å²) in [6.07, 6.45) is 0. The predicted molar refractivity (Wildman–Crippen MR) is 72.0 cm³/mol. The molecule has 0 atom stereocenters. The number of nitriles is 1. The molecule has 0 saturated heterocycles. The molecule has 4 heteroatoms. The first-order valence-corrected chi connectivity index (χ1v) is 5.71. The van der Waals surface area contributed by atoms with Gasteiger partial charge in [0.15, 0.2) is 0 Å². The Balaban J connectivity index is 2.95. The van der Waals surface area contributed by atoms with Gasteiger partial charge in [-0.05, 0) is 23.6 Å². The first kappa shape index (κ1) is 13.5. The zero-order valence-corrected chi connectivity index (χ0v) is 11.1. The number of thiocarbonyl (C=S) groups is 1. The highest BCUT2D eigenvalue weighted by Crippen LogP contribution is 2.22. The zero-order valence-electron chi connectivity index (χ0n) is 10.3. The lowest BCUT2D eigenvalue weighted by Crippen LogP contribution is -2.17. The van der Waals surface area contributed by atoms with Gasteiger partial charge in [-0.15, -0.1) is 0 Å². The molecule has 2 N–H and O–H groups in total. The molecule has 0 fully saturated rings. The molecular weight excluding hydrogens is 232 g/mol. The van der Waals surface area contributed by atoms with Crippen LogP contribution >= 0.6 is 12.2 Å². The second-order valence-electron chi connectivity index (χ2n) is 5.04. The molecule has 0 saturated carbocycles. The van der Waals surface area contributed by atoms with Crippen molar-refractivity contribution in [2.45, 2.75) is 20.8 Å². The number of hydrogen-bond donors (Lipinski definition) is 1. The molecule has 0 aliphatic carbocycles. The Kier molecular flexibility index (Phi) is 4.08. The lowest BCUT2D eigenvalue weighted by molar-refractivity contribution is 0.197. The van der Waals surface area contributed by atoms with E-state index in [0.29, 0.717) is 23.5 Å². The van der Waals surface area contributed by atoms with Crippen LogP contribution in [0.4, 0.5) is 0 Å². The van der Waals surface area contributed by atoms with Crippen molar-refractivity contribution in [1.82, 2.24) is 0 Å². The predicted octanol–water partition coefficient (Wildman–Crippen LogP) is 2.62. The maximum Gasteiger partial charge on any atom is 0.137 e. The van der Waals surface area contributed by atoms with Gasteiger partial charge in [-0.1, -0.05) is 33.0 Å². The van der Waals surface area contributed by atoms with Gasteiger partial charge in [0.25, 0.3) is 0 Å². The minimum absolute atomic E-state index is 0.0502. The standard InChI is InChI=1S/C13H16N2OS/c1-13(2,3)8-16-11-5-4-9(12(15)17)6-10(11)7-14/h4-6H,8H2,1-3H3,(H2,15,17). The van der Waals surface area contributed by atoms with Crippen molar-refractivity contribution < 1.29 is 4.74 Å². The number of hydrogen-bond acceptors (Lipinski definition) is 3. The molecule has 0 heterocycles. The smallest absolute Gasteiger partial charge is 0.137 e. The molecular formula is C13H16N2OS. The molecule has 3 nitrogen and oxygen atoms in total. The van der Waals surface area contributed by atoms with Crippen LogP contribution in [0, 0.1) is 16.7 Å². The van der Waals surface area contributed by atoms with Crippen LogP contribution in [-0.4, -0.2) is 11.6 Å². The lowest BCUT2D eigenvalue weighted by atomic mass is 9.98. The van der Waals surface area contributed by atoms with Crippen LogP contribution < -0.4 is 10.5 Å². The van der Waals surface area contributed by atoms with E-state index in [9.17, 15) is 0 Å². The molecule has 0 amide bonds. The van der Waals surface area contributed by atoms with Crippen LogP contribution in [0.2, 0.25) is 0 Å². The molecule has 17 heavy (non-hydrogen) atoms. The number of rotatable bonds is 3. The Bertz CT molecular complexity index is 469. The second kappa shape index (κ2) is 5.15. The Labute approximate surface area is 107 Å². The van der Waals surface area contributed by atoms with Crippen LogP contribution in [0.1, 0.15) is 31.9 Å². The summed E-state index contributed by atoms with van der Waals surface area (Å²) in [7, 11) is 0. The number of nitrogens with two attached hydrogens (primary N) is 1. The van der Waals surface area contributed by atoms with E-state index in [1.54, 1.807) is 18.2 Å². The summed E-state index contributed by atoms with van der Waals surface area (Å²) in [6, 6.07) is 7.24. The summed E-state index contributed by atoms with van der Waals surface area (Å²) >= 11 is 4.86. The van der Waals surface area contributed by atoms with Crippen LogP contribution in [-0.2, 0) is 0 Å². The van der Waals surface area contributed by atoms with Crippen molar-refractivity contribution in [3.63, 3.8) is 0 Å². The molecule has 0 aliphatic heterocycles. The highest BCUT2D eigenvalue weighted by atomic mass is 32.1. The van der Waals surface area contributed by atoms with Gasteiger partial charge in [-0.25, -0.2) is 0 Å². The van der Waals surface area contributed by atoms with Crippen molar-refractivity contribution >= 4 is 17.2 Å². The first-order valence-electron chi connectivity index (χ1n) is 5.30. The van der Waals surface area contributed by atoms with Crippen LogP contribution in [0.25, 0.3) is 0 Å². The van der Waals surface area contributed by atoms with E-state index < -0.39 is 0 Å². The third-order valence-electron chi connectivity index (χ3n) is 2.05. The number of nitrogens with zero attached hydrogens (tertiary/aromatic N) is 1. The minimum Gasteiger partial charge on any atom is -0.492 e. The van der Waals surface area contributed by atoms with Crippen molar-refractivity contribution in [2.24, 2.45) is 11.1 Å². The fourth-order valence-corrected chi connectivity index (χ4v) is 1.32. The Morgan fingerprint density at radius 1 is 1.47 bits per heavy atom. The summed E-state index contributed by atoms with van der Waals surface area (Å²) in [5.41, 5.74) is 6.70. The monoisotopic (exact) mass is 248 g/mol. The first-order chi connectivity index (χ1) is 7.83. The lowest BCUT2D eigenvalue weighted by Gasteiger charge is -2.19. The fourth-order valence-electron chi connectivity index (χ4n) is 1.19. The summed E-state index contributed by atoms with van der Waals surface area (Å²) in [5.74, 6) is 0.572. The Morgan fingerprint density at radius 3 is 2.59 bits per heavy atom. The summed E-state index contributed by atoms with van der Waals surface area (Å²) in [4.78, 5) is 0.281. The molecule has 0 spiro atoms. The van der Waals surface area contributed by atoms with Crippen molar-refractivity contribution in [3.05, 3.63) is 29.3 Å². The van der Waals surface area contributed by atoms with Crippen molar-refractivity contribution in [3.8, 4) is 11.8 Å². The average molecular weight is 248 g/mol. The maximum absolute atomic E-state index is 9.04. The normalized spacial score (nSPS) is 10.7. The third-order valence-corrected chi connectivity index (χ3v) is 2.28. The van der Waals surface area contributed by atoms with E-state index in [0.717, 1.165) is 0 Å². The van der Waals surface area contributed by atoms with Gasteiger partial charge in [-0.2, -0.15) is 5.26 Å². The van der Waals surface area contributed by atoms with E-state index >= 15 is 0 Å². The molecule has 1 aromatic rings. The quantitative estimate of drug-likeness (QED) is 0.835. The van der Waals surface area contributed by atoms with E-state index in [4.69, 9.17) is 28.0 Å². The molecule has 90 valence electrons. The molecule has 0 radical (unpaired) electrons. The highest BCUT2D eigenvalue weighted by molar-refractivity contribution is 7.80. The summed E-state index contributed by atoms with van der Waals surface area (Å²) in [6.45, 7) is 6.77. The zero-order chi connectivity index (χ0) is 13.1. The van der Waals surface area contributed by atoms with Crippen molar-refractivity contribution in [2.75, 3.05) is 6.61 Å². The van der Waals surface area contributed by atoms with Gasteiger partial charge < -0.3 is 10.5 Å². The SMILES string of the molecule is CC(C)(C)COc1ccc(C(N)=S)cc1C#N. The molecule has 0 bridgehead atoms. The fraction of sp³-hybridized carbons (Fsp3) is 0.385. The van der Waals surface area contributed by atoms with Gasteiger partial charge in [0.1, 0.15) is 16.8 Å². The molecule has 0 unspecified atom stereocenters. The topological polar surface area (TPSA) is 59.0 Å². The van der Waals surface area contributed by atoms with E-state index in [-0.39, 0.29) is 10.4 Å². The molecule has 1 aromatic carbocycles. The Hall–Kier alpha value is -1.60. The highest BCUT2D eigenvalue weighted by Gasteiger charge is 2.13. The van der Waals surface area contributed by atoms with E-state index in [1.165, 1.54) is 0 Å². The van der Waals surface area contributed by atoms with Gasteiger partial charge in [0.2, 0.25) is 0 Å². The largest absolute Gasteiger partial charge is 0.492 e. The molecule has 0 aromatic heterocycles.